The van der Waals surface area contributed by atoms with Crippen LogP contribution in [0.5, 0.6) is 0 Å². The van der Waals surface area contributed by atoms with Gasteiger partial charge in [0.2, 0.25) is 0 Å². The molecule has 0 saturated heterocycles. The first-order valence-corrected chi connectivity index (χ1v) is 7.96. The van der Waals surface area contributed by atoms with Gasteiger partial charge in [-0.1, -0.05) is 18.7 Å². The average Bonchev–Trinajstić information content (AvgIpc) is 2.51. The predicted molar refractivity (Wildman–Crippen MR) is 93.1 cm³/mol. The van der Waals surface area contributed by atoms with Crippen LogP contribution in [0.1, 0.15) is 40.5 Å². The topological polar surface area (TPSA) is 131 Å². The Morgan fingerprint density at radius 1 is 1.23 bits per heavy atom. The second kappa shape index (κ2) is 10.9. The Labute approximate surface area is 152 Å². The van der Waals surface area contributed by atoms with Crippen LogP contribution in [0.25, 0.3) is 0 Å². The zero-order chi connectivity index (χ0) is 20.3. The van der Waals surface area contributed by atoms with Crippen LogP contribution in [-0.2, 0) is 23.9 Å². The lowest BCUT2D eigenvalue weighted by atomic mass is 10.1. The van der Waals surface area contributed by atoms with Crippen LogP contribution in [0.2, 0.25) is 0 Å². The third-order valence-corrected chi connectivity index (χ3v) is 2.75. The molecule has 0 aromatic carbocycles. The summed E-state index contributed by atoms with van der Waals surface area (Å²) in [6.07, 6.45) is 1.31. The van der Waals surface area contributed by atoms with Crippen molar-refractivity contribution in [2.24, 2.45) is 0 Å². The molecule has 0 unspecified atom stereocenters. The van der Waals surface area contributed by atoms with Crippen molar-refractivity contribution < 1.29 is 33.8 Å². The molecular formula is C17H26N2O7. The van der Waals surface area contributed by atoms with Gasteiger partial charge in [-0.05, 0) is 34.1 Å². The average molecular weight is 370 g/mol. The van der Waals surface area contributed by atoms with Gasteiger partial charge in [-0.2, -0.15) is 0 Å². The molecule has 0 radical (unpaired) electrons. The summed E-state index contributed by atoms with van der Waals surface area (Å²) in [5.74, 6) is -2.70. The van der Waals surface area contributed by atoms with Gasteiger partial charge in [-0.15, -0.1) is 0 Å². The summed E-state index contributed by atoms with van der Waals surface area (Å²) >= 11 is 0. The van der Waals surface area contributed by atoms with Crippen molar-refractivity contribution in [3.63, 3.8) is 0 Å². The summed E-state index contributed by atoms with van der Waals surface area (Å²) in [5.41, 5.74) is -0.895. The van der Waals surface area contributed by atoms with E-state index in [0.717, 1.165) is 0 Å². The van der Waals surface area contributed by atoms with E-state index in [1.54, 1.807) is 20.8 Å². The van der Waals surface area contributed by atoms with E-state index in [9.17, 15) is 19.2 Å². The number of aliphatic carboxylic acids is 1. The summed E-state index contributed by atoms with van der Waals surface area (Å²) in [4.78, 5) is 46.7. The molecule has 9 nitrogen and oxygen atoms in total. The number of rotatable bonds is 9. The molecule has 3 N–H and O–H groups in total. The summed E-state index contributed by atoms with van der Waals surface area (Å²) < 4.78 is 9.90. The number of carbonyl (C=O) groups excluding carboxylic acids is 3. The predicted octanol–water partition coefficient (Wildman–Crippen LogP) is 1.49. The highest BCUT2D eigenvalue weighted by molar-refractivity contribution is 5.98. The van der Waals surface area contributed by atoms with Gasteiger partial charge in [0.15, 0.2) is 0 Å². The van der Waals surface area contributed by atoms with Crippen molar-refractivity contribution in [3.8, 4) is 0 Å². The van der Waals surface area contributed by atoms with Crippen LogP contribution in [-0.4, -0.2) is 47.3 Å². The molecule has 0 rings (SSSR count). The number of nitrogens with one attached hydrogen (secondary N) is 2. The van der Waals surface area contributed by atoms with E-state index < -0.39 is 35.6 Å². The van der Waals surface area contributed by atoms with Crippen molar-refractivity contribution in [2.45, 2.75) is 52.2 Å². The first-order valence-electron chi connectivity index (χ1n) is 7.96. The van der Waals surface area contributed by atoms with Gasteiger partial charge >= 0.3 is 18.0 Å². The van der Waals surface area contributed by atoms with Gasteiger partial charge in [0.1, 0.15) is 23.9 Å². The monoisotopic (exact) mass is 370 g/mol. The van der Waals surface area contributed by atoms with Crippen molar-refractivity contribution in [1.82, 2.24) is 10.6 Å². The Morgan fingerprint density at radius 3 is 2.31 bits per heavy atom. The van der Waals surface area contributed by atoms with Gasteiger partial charge < -0.3 is 19.9 Å². The lowest BCUT2D eigenvalue weighted by Crippen LogP contribution is -2.45. The fourth-order valence-electron chi connectivity index (χ4n) is 1.67. The maximum Gasteiger partial charge on any atom is 0.412 e. The number of esters is 1. The molecule has 0 fully saturated rings. The lowest BCUT2D eigenvalue weighted by Gasteiger charge is -2.21. The molecule has 0 heterocycles. The molecule has 0 aliphatic carbocycles. The summed E-state index contributed by atoms with van der Waals surface area (Å²) in [6, 6.07) is -1.19. The minimum absolute atomic E-state index is 0.0785. The van der Waals surface area contributed by atoms with E-state index in [-0.39, 0.29) is 25.1 Å². The summed E-state index contributed by atoms with van der Waals surface area (Å²) in [7, 11) is 0. The quantitative estimate of drug-likeness (QED) is 0.318. The number of hydrogen-bond donors (Lipinski definition) is 3. The Hall–Kier alpha value is -2.84. The molecule has 9 heteroatoms. The van der Waals surface area contributed by atoms with E-state index >= 15 is 0 Å². The van der Waals surface area contributed by atoms with Crippen LogP contribution in [0.4, 0.5) is 4.79 Å². The van der Waals surface area contributed by atoms with E-state index in [4.69, 9.17) is 14.6 Å². The van der Waals surface area contributed by atoms with Gasteiger partial charge in [0.25, 0.3) is 5.91 Å². The van der Waals surface area contributed by atoms with Gasteiger partial charge in [0, 0.05) is 6.42 Å². The van der Waals surface area contributed by atoms with Gasteiger partial charge in [0.05, 0.1) is 0 Å². The second-order valence-electron chi connectivity index (χ2n) is 6.21. The van der Waals surface area contributed by atoms with Crippen molar-refractivity contribution >= 4 is 23.9 Å². The Bertz CT molecular complexity index is 576. The van der Waals surface area contributed by atoms with E-state index in [0.29, 0.717) is 0 Å². The molecule has 1 atom stereocenters. The van der Waals surface area contributed by atoms with Crippen LogP contribution < -0.4 is 10.6 Å². The molecule has 0 bridgehead atoms. The fourth-order valence-corrected chi connectivity index (χ4v) is 1.67. The Morgan fingerprint density at radius 2 is 1.85 bits per heavy atom. The molecule has 0 saturated carbocycles. The SMILES string of the molecule is C=CCOC(=O)[C@@H](CCC(=O)O)NC(=O)/C(=C\C)NC(=O)OC(C)(C)C. The van der Waals surface area contributed by atoms with Crippen LogP contribution in [0.3, 0.4) is 0 Å². The van der Waals surface area contributed by atoms with Gasteiger partial charge in [-0.25, -0.2) is 9.59 Å². The van der Waals surface area contributed by atoms with E-state index in [1.807, 2.05) is 0 Å². The standard InChI is InChI=1S/C17H26N2O7/c1-6-10-25-15(23)12(8-9-13(20)21)18-14(22)11(7-2)19-16(24)26-17(3,4)5/h6-7,12H,1,8-10H2,2-5H3,(H,18,22)(H,19,24)(H,20,21)/b11-7+/t12-/m1/s1. The third-order valence-electron chi connectivity index (χ3n) is 2.75. The zero-order valence-corrected chi connectivity index (χ0v) is 15.5. The maximum absolute atomic E-state index is 12.3. The molecule has 0 aliphatic rings. The normalized spacial score (nSPS) is 12.5. The summed E-state index contributed by atoms with van der Waals surface area (Å²) in [5, 5.41) is 13.4. The Balaban J connectivity index is 5.00. The number of amides is 2. The van der Waals surface area contributed by atoms with Gasteiger partial charge in [-0.3, -0.25) is 14.9 Å². The first-order chi connectivity index (χ1) is 12.0. The summed E-state index contributed by atoms with van der Waals surface area (Å²) in [6.45, 7) is 9.83. The minimum Gasteiger partial charge on any atom is -0.481 e. The highest BCUT2D eigenvalue weighted by Crippen LogP contribution is 2.08. The Kier molecular flexibility index (Phi) is 9.72. The molecule has 0 aromatic heterocycles. The fraction of sp³-hybridized carbons (Fsp3) is 0.529. The highest BCUT2D eigenvalue weighted by atomic mass is 16.6. The van der Waals surface area contributed by atoms with E-state index in [1.165, 1.54) is 19.1 Å². The third kappa shape index (κ3) is 10.1. The molecule has 0 aliphatic heterocycles. The molecular weight excluding hydrogens is 344 g/mol. The molecule has 0 aromatic rings. The molecule has 146 valence electrons. The molecule has 2 amide bonds. The van der Waals surface area contributed by atoms with Crippen LogP contribution in [0.15, 0.2) is 24.4 Å². The largest absolute Gasteiger partial charge is 0.481 e. The maximum atomic E-state index is 12.3. The number of hydrogen-bond acceptors (Lipinski definition) is 6. The number of carboxylic acids is 1. The van der Waals surface area contributed by atoms with Crippen molar-refractivity contribution in [3.05, 3.63) is 24.4 Å². The van der Waals surface area contributed by atoms with Crippen LogP contribution >= 0.6 is 0 Å². The smallest absolute Gasteiger partial charge is 0.412 e. The number of alkyl carbamates (subject to hydrolysis) is 1. The first kappa shape index (κ1) is 23.2. The number of carboxylic acid groups (broad SMARTS) is 1. The number of allylic oxidation sites excluding steroid dienone is 1. The molecule has 26 heavy (non-hydrogen) atoms. The number of carbonyl (C=O) groups is 4. The lowest BCUT2D eigenvalue weighted by molar-refractivity contribution is -0.147. The zero-order valence-electron chi connectivity index (χ0n) is 15.5. The van der Waals surface area contributed by atoms with Crippen molar-refractivity contribution in [1.29, 1.82) is 0 Å². The van der Waals surface area contributed by atoms with Crippen LogP contribution in [0, 0.1) is 0 Å². The van der Waals surface area contributed by atoms with E-state index in [2.05, 4.69) is 17.2 Å². The molecule has 0 spiro atoms. The van der Waals surface area contributed by atoms with Crippen molar-refractivity contribution in [2.75, 3.05) is 6.61 Å². The highest BCUT2D eigenvalue weighted by Gasteiger charge is 2.26. The minimum atomic E-state index is -1.19. The number of ether oxygens (including phenoxy) is 2. The second-order valence-corrected chi connectivity index (χ2v) is 6.21.